The molecule has 2 rings (SSSR count). The summed E-state index contributed by atoms with van der Waals surface area (Å²) in [6.45, 7) is 3.08. The van der Waals surface area contributed by atoms with Gasteiger partial charge in [-0.25, -0.2) is 0 Å². The summed E-state index contributed by atoms with van der Waals surface area (Å²) in [5.41, 5.74) is 0.534. The molecule has 0 aromatic heterocycles. The Morgan fingerprint density at radius 1 is 1.19 bits per heavy atom. The number of halogens is 1. The van der Waals surface area contributed by atoms with E-state index in [1.54, 1.807) is 18.2 Å². The van der Waals surface area contributed by atoms with E-state index in [0.29, 0.717) is 16.3 Å². The Kier molecular flexibility index (Phi) is 5.62. The first-order valence-corrected chi connectivity index (χ1v) is 7.67. The van der Waals surface area contributed by atoms with Crippen molar-refractivity contribution < 1.29 is 14.3 Å². The molecule has 0 unspecified atom stereocenters. The summed E-state index contributed by atoms with van der Waals surface area (Å²) < 4.78 is 5.49. The monoisotopic (exact) mass is 309 g/mol. The molecular formula is C16H20ClNO3. The highest BCUT2D eigenvalue weighted by molar-refractivity contribution is 6.32. The minimum atomic E-state index is -0.0518. The predicted octanol–water partition coefficient (Wildman–Crippen LogP) is 3.32. The molecule has 4 nitrogen and oxygen atoms in total. The molecule has 1 aliphatic heterocycles. The zero-order valence-electron chi connectivity index (χ0n) is 12.2. The Morgan fingerprint density at radius 3 is 2.43 bits per heavy atom. The molecule has 114 valence electrons. The topological polar surface area (TPSA) is 46.6 Å². The van der Waals surface area contributed by atoms with Gasteiger partial charge in [0.25, 0.3) is 5.91 Å². The lowest BCUT2D eigenvalue weighted by molar-refractivity contribution is -0.133. The summed E-state index contributed by atoms with van der Waals surface area (Å²) in [5, 5.41) is 0.353. The first-order chi connectivity index (χ1) is 10.1. The molecule has 0 atom stereocenters. The number of hydrogen-bond donors (Lipinski definition) is 0. The highest BCUT2D eigenvalue weighted by Gasteiger charge is 2.16. The van der Waals surface area contributed by atoms with E-state index in [-0.39, 0.29) is 18.3 Å². The van der Waals surface area contributed by atoms with Crippen molar-refractivity contribution in [2.45, 2.75) is 32.6 Å². The summed E-state index contributed by atoms with van der Waals surface area (Å²) in [7, 11) is 0. The normalized spacial score (nSPS) is 15.4. The van der Waals surface area contributed by atoms with Crippen LogP contribution in [0.5, 0.6) is 5.75 Å². The van der Waals surface area contributed by atoms with Crippen molar-refractivity contribution in [3.63, 3.8) is 0 Å². The zero-order valence-corrected chi connectivity index (χ0v) is 13.0. The van der Waals surface area contributed by atoms with Gasteiger partial charge in [0.05, 0.1) is 5.02 Å². The molecule has 0 radical (unpaired) electrons. The largest absolute Gasteiger partial charge is 0.482 e. The molecule has 0 saturated carbocycles. The van der Waals surface area contributed by atoms with Gasteiger partial charge in [0.2, 0.25) is 0 Å². The molecule has 0 spiro atoms. The number of nitrogens with zero attached hydrogens (tertiary/aromatic N) is 1. The minimum Gasteiger partial charge on any atom is -0.482 e. The second kappa shape index (κ2) is 7.46. The third kappa shape index (κ3) is 4.46. The van der Waals surface area contributed by atoms with Crippen LogP contribution in [-0.4, -0.2) is 36.3 Å². The maximum Gasteiger partial charge on any atom is 0.260 e. The van der Waals surface area contributed by atoms with Gasteiger partial charge in [0, 0.05) is 18.7 Å². The van der Waals surface area contributed by atoms with Gasteiger partial charge in [-0.1, -0.05) is 24.4 Å². The van der Waals surface area contributed by atoms with Crippen molar-refractivity contribution in [1.82, 2.24) is 4.90 Å². The number of carbonyl (C=O) groups excluding carboxylic acids is 2. The Hall–Kier alpha value is -1.55. The van der Waals surface area contributed by atoms with Crippen LogP contribution in [0, 0.1) is 0 Å². The Labute approximate surface area is 130 Å². The minimum absolute atomic E-state index is 0.0105. The van der Waals surface area contributed by atoms with E-state index in [4.69, 9.17) is 16.3 Å². The lowest BCUT2D eigenvalue weighted by Crippen LogP contribution is -2.35. The summed E-state index contributed by atoms with van der Waals surface area (Å²) in [6, 6.07) is 4.85. The van der Waals surface area contributed by atoms with Crippen molar-refractivity contribution >= 4 is 23.3 Å². The second-order valence-electron chi connectivity index (χ2n) is 5.29. The van der Waals surface area contributed by atoms with Gasteiger partial charge in [-0.15, -0.1) is 0 Å². The lowest BCUT2D eigenvalue weighted by atomic mass is 10.1. The van der Waals surface area contributed by atoms with E-state index in [1.807, 2.05) is 4.90 Å². The number of hydrogen-bond acceptors (Lipinski definition) is 3. The first-order valence-electron chi connectivity index (χ1n) is 7.29. The molecule has 1 saturated heterocycles. The van der Waals surface area contributed by atoms with E-state index in [9.17, 15) is 9.59 Å². The Morgan fingerprint density at radius 2 is 1.86 bits per heavy atom. The second-order valence-corrected chi connectivity index (χ2v) is 5.69. The van der Waals surface area contributed by atoms with E-state index in [2.05, 4.69) is 0 Å². The van der Waals surface area contributed by atoms with E-state index >= 15 is 0 Å². The van der Waals surface area contributed by atoms with Crippen LogP contribution in [0.3, 0.4) is 0 Å². The van der Waals surface area contributed by atoms with Crippen molar-refractivity contribution in [3.05, 3.63) is 28.8 Å². The first kappa shape index (κ1) is 15.8. The van der Waals surface area contributed by atoms with Crippen LogP contribution in [-0.2, 0) is 4.79 Å². The van der Waals surface area contributed by atoms with Crippen LogP contribution < -0.4 is 4.74 Å². The van der Waals surface area contributed by atoms with Crippen LogP contribution in [0.2, 0.25) is 5.02 Å². The highest BCUT2D eigenvalue weighted by Crippen LogP contribution is 2.25. The van der Waals surface area contributed by atoms with Gasteiger partial charge >= 0.3 is 0 Å². The average molecular weight is 310 g/mol. The van der Waals surface area contributed by atoms with Gasteiger partial charge in [0.15, 0.2) is 12.4 Å². The fraction of sp³-hybridized carbons (Fsp3) is 0.500. The Bertz CT molecular complexity index is 522. The van der Waals surface area contributed by atoms with Crippen molar-refractivity contribution in [3.8, 4) is 5.75 Å². The maximum absolute atomic E-state index is 12.1. The van der Waals surface area contributed by atoms with Gasteiger partial charge in [0.1, 0.15) is 5.75 Å². The zero-order chi connectivity index (χ0) is 15.2. The van der Waals surface area contributed by atoms with Gasteiger partial charge in [-0.2, -0.15) is 0 Å². The van der Waals surface area contributed by atoms with Gasteiger partial charge in [-0.05, 0) is 38.0 Å². The summed E-state index contributed by atoms with van der Waals surface area (Å²) >= 11 is 6.07. The Balaban J connectivity index is 1.93. The third-order valence-electron chi connectivity index (χ3n) is 3.65. The third-order valence-corrected chi connectivity index (χ3v) is 3.94. The lowest BCUT2D eigenvalue weighted by Gasteiger charge is -2.20. The highest BCUT2D eigenvalue weighted by atomic mass is 35.5. The molecule has 5 heteroatoms. The number of ketones is 1. The molecule has 1 amide bonds. The molecule has 1 aromatic rings. The standard InChI is InChI=1S/C16H20ClNO3/c1-12(19)13-6-7-15(14(17)10-13)21-11-16(20)18-8-4-2-3-5-9-18/h6-7,10H,2-5,8-9,11H2,1H3. The van der Waals surface area contributed by atoms with Gasteiger partial charge in [-0.3, -0.25) is 9.59 Å². The molecule has 0 aliphatic carbocycles. The van der Waals surface area contributed by atoms with Crippen LogP contribution in [0.1, 0.15) is 43.0 Å². The van der Waals surface area contributed by atoms with Crippen molar-refractivity contribution in [2.24, 2.45) is 0 Å². The average Bonchev–Trinajstić information content (AvgIpc) is 2.74. The van der Waals surface area contributed by atoms with Crippen LogP contribution >= 0.6 is 11.6 Å². The molecule has 1 aromatic carbocycles. The molecule has 0 N–H and O–H groups in total. The maximum atomic E-state index is 12.1. The van der Waals surface area contributed by atoms with Crippen LogP contribution in [0.4, 0.5) is 0 Å². The molecule has 1 heterocycles. The van der Waals surface area contributed by atoms with E-state index in [0.717, 1.165) is 25.9 Å². The number of benzene rings is 1. The SMILES string of the molecule is CC(=O)c1ccc(OCC(=O)N2CCCCCC2)c(Cl)c1. The van der Waals surface area contributed by atoms with E-state index < -0.39 is 0 Å². The summed E-state index contributed by atoms with van der Waals surface area (Å²) in [4.78, 5) is 25.2. The fourth-order valence-corrected chi connectivity index (χ4v) is 2.62. The molecule has 21 heavy (non-hydrogen) atoms. The quantitative estimate of drug-likeness (QED) is 0.802. The molecular weight excluding hydrogens is 290 g/mol. The molecule has 1 aliphatic rings. The number of likely N-dealkylation sites (tertiary alicyclic amines) is 1. The number of rotatable bonds is 4. The van der Waals surface area contributed by atoms with E-state index in [1.165, 1.54) is 19.8 Å². The number of carbonyl (C=O) groups is 2. The summed E-state index contributed by atoms with van der Waals surface area (Å²) in [5.74, 6) is 0.373. The molecule has 1 fully saturated rings. The van der Waals surface area contributed by atoms with Crippen molar-refractivity contribution in [1.29, 1.82) is 0 Å². The number of ether oxygens (including phenoxy) is 1. The summed E-state index contributed by atoms with van der Waals surface area (Å²) in [6.07, 6.45) is 4.48. The number of Topliss-reactive ketones (excluding diaryl/α,β-unsaturated/α-hetero) is 1. The predicted molar refractivity (Wildman–Crippen MR) is 82.0 cm³/mol. The number of amides is 1. The smallest absolute Gasteiger partial charge is 0.260 e. The van der Waals surface area contributed by atoms with Crippen LogP contribution in [0.15, 0.2) is 18.2 Å². The fourth-order valence-electron chi connectivity index (χ4n) is 2.39. The van der Waals surface area contributed by atoms with Gasteiger partial charge < -0.3 is 9.64 Å². The van der Waals surface area contributed by atoms with Crippen molar-refractivity contribution in [2.75, 3.05) is 19.7 Å². The molecule has 0 bridgehead atoms. The van der Waals surface area contributed by atoms with Crippen LogP contribution in [0.25, 0.3) is 0 Å².